The number of halogens is 1. The number of aryl methyl sites for hydroxylation is 1. The molecule has 2 nitrogen and oxygen atoms in total. The van der Waals surface area contributed by atoms with Gasteiger partial charge in [0, 0.05) is 5.56 Å². The Morgan fingerprint density at radius 3 is 2.69 bits per heavy atom. The monoisotopic (exact) mass is 197 g/mol. The summed E-state index contributed by atoms with van der Waals surface area (Å²) in [5.74, 6) is -0.117. The van der Waals surface area contributed by atoms with Gasteiger partial charge in [0.1, 0.15) is 0 Å². The molecule has 0 spiro atoms. The molecule has 0 fully saturated rings. The maximum Gasteiger partial charge on any atom is 0.180 e. The third-order valence-electron chi connectivity index (χ3n) is 1.87. The number of hydrogen-bond donors (Lipinski definition) is 1. The van der Waals surface area contributed by atoms with Crippen LogP contribution in [0, 0.1) is 6.92 Å². The van der Waals surface area contributed by atoms with E-state index in [0.29, 0.717) is 10.6 Å². The molecule has 0 saturated carbocycles. The van der Waals surface area contributed by atoms with Crippen LogP contribution in [-0.2, 0) is 0 Å². The maximum atomic E-state index is 11.5. The molecule has 1 aromatic rings. The van der Waals surface area contributed by atoms with Crippen molar-refractivity contribution >= 4 is 17.4 Å². The van der Waals surface area contributed by atoms with Crippen molar-refractivity contribution in [2.24, 2.45) is 5.73 Å². The summed E-state index contributed by atoms with van der Waals surface area (Å²) in [5.41, 5.74) is 6.89. The van der Waals surface area contributed by atoms with E-state index in [9.17, 15) is 4.79 Å². The van der Waals surface area contributed by atoms with E-state index in [1.807, 2.05) is 13.0 Å². The molecule has 1 atom stereocenters. The Balaban J connectivity index is 3.15. The van der Waals surface area contributed by atoms with Crippen LogP contribution in [-0.4, -0.2) is 11.8 Å². The highest BCUT2D eigenvalue weighted by atomic mass is 35.5. The average molecular weight is 198 g/mol. The molecule has 0 bridgehead atoms. The van der Waals surface area contributed by atoms with Crippen molar-refractivity contribution in [1.29, 1.82) is 0 Å². The number of nitrogens with two attached hydrogens (primary N) is 1. The lowest BCUT2D eigenvalue weighted by molar-refractivity contribution is 0.0968. The lowest BCUT2D eigenvalue weighted by Gasteiger charge is -2.07. The average Bonchev–Trinajstić information content (AvgIpc) is 2.08. The van der Waals surface area contributed by atoms with Crippen LogP contribution in [0.25, 0.3) is 0 Å². The first-order valence-electron chi connectivity index (χ1n) is 4.09. The number of rotatable bonds is 2. The molecule has 0 aromatic heterocycles. The number of carbonyl (C=O) groups is 1. The summed E-state index contributed by atoms with van der Waals surface area (Å²) in [4.78, 5) is 11.5. The van der Waals surface area contributed by atoms with Crippen molar-refractivity contribution in [2.75, 3.05) is 0 Å². The van der Waals surface area contributed by atoms with E-state index in [-0.39, 0.29) is 5.78 Å². The molecule has 0 amide bonds. The molecular formula is C10H12ClNO. The minimum absolute atomic E-state index is 0.117. The van der Waals surface area contributed by atoms with Crippen LogP contribution in [0.5, 0.6) is 0 Å². The molecule has 0 aliphatic rings. The molecular weight excluding hydrogens is 186 g/mol. The van der Waals surface area contributed by atoms with Gasteiger partial charge in [-0.1, -0.05) is 23.7 Å². The van der Waals surface area contributed by atoms with Gasteiger partial charge in [-0.25, -0.2) is 0 Å². The predicted octanol–water partition coefficient (Wildman–Crippen LogP) is 2.18. The topological polar surface area (TPSA) is 43.1 Å². The second-order valence-electron chi connectivity index (χ2n) is 3.09. The largest absolute Gasteiger partial charge is 0.321 e. The SMILES string of the molecule is Cc1cccc(C(=O)C(C)N)c1Cl. The zero-order chi connectivity index (χ0) is 10.0. The molecule has 2 N–H and O–H groups in total. The Hall–Kier alpha value is -0.860. The van der Waals surface area contributed by atoms with Gasteiger partial charge in [-0.3, -0.25) is 4.79 Å². The van der Waals surface area contributed by atoms with Crippen LogP contribution in [0.2, 0.25) is 5.02 Å². The standard InChI is InChI=1S/C10H12ClNO/c1-6-4-3-5-8(9(6)11)10(13)7(2)12/h3-5,7H,12H2,1-2H3. The van der Waals surface area contributed by atoms with Crippen molar-refractivity contribution in [3.05, 3.63) is 34.3 Å². The number of benzene rings is 1. The van der Waals surface area contributed by atoms with Gasteiger partial charge in [-0.05, 0) is 25.5 Å². The van der Waals surface area contributed by atoms with Crippen molar-refractivity contribution in [1.82, 2.24) is 0 Å². The van der Waals surface area contributed by atoms with Gasteiger partial charge in [-0.2, -0.15) is 0 Å². The molecule has 0 heterocycles. The third kappa shape index (κ3) is 2.08. The summed E-state index contributed by atoms with van der Waals surface area (Å²) in [6.45, 7) is 3.52. The molecule has 1 unspecified atom stereocenters. The summed E-state index contributed by atoms with van der Waals surface area (Å²) >= 11 is 5.96. The summed E-state index contributed by atoms with van der Waals surface area (Å²) in [5, 5.41) is 0.504. The lowest BCUT2D eigenvalue weighted by Crippen LogP contribution is -2.26. The fourth-order valence-electron chi connectivity index (χ4n) is 1.08. The summed E-state index contributed by atoms with van der Waals surface area (Å²) in [6, 6.07) is 4.86. The normalized spacial score (nSPS) is 12.6. The molecule has 1 rings (SSSR count). The summed E-state index contributed by atoms with van der Waals surface area (Å²) in [7, 11) is 0. The van der Waals surface area contributed by atoms with E-state index in [1.165, 1.54) is 0 Å². The van der Waals surface area contributed by atoms with Gasteiger partial charge in [-0.15, -0.1) is 0 Å². The number of carbonyl (C=O) groups excluding carboxylic acids is 1. The second-order valence-corrected chi connectivity index (χ2v) is 3.47. The molecule has 0 radical (unpaired) electrons. The summed E-state index contributed by atoms with van der Waals surface area (Å²) < 4.78 is 0. The van der Waals surface area contributed by atoms with Crippen molar-refractivity contribution in [2.45, 2.75) is 19.9 Å². The van der Waals surface area contributed by atoms with Crippen molar-refractivity contribution in [3.8, 4) is 0 Å². The van der Waals surface area contributed by atoms with Gasteiger partial charge < -0.3 is 5.73 Å². The van der Waals surface area contributed by atoms with Crippen LogP contribution in [0.15, 0.2) is 18.2 Å². The number of Topliss-reactive ketones (excluding diaryl/α,β-unsaturated/α-hetero) is 1. The van der Waals surface area contributed by atoms with E-state index in [4.69, 9.17) is 17.3 Å². The fourth-order valence-corrected chi connectivity index (χ4v) is 1.30. The van der Waals surface area contributed by atoms with E-state index < -0.39 is 6.04 Å². The molecule has 13 heavy (non-hydrogen) atoms. The highest BCUT2D eigenvalue weighted by Gasteiger charge is 2.14. The lowest BCUT2D eigenvalue weighted by atomic mass is 10.0. The Kier molecular flexibility index (Phi) is 3.07. The van der Waals surface area contributed by atoms with Gasteiger partial charge in [0.2, 0.25) is 0 Å². The van der Waals surface area contributed by atoms with Gasteiger partial charge in [0.05, 0.1) is 11.1 Å². The highest BCUT2D eigenvalue weighted by Crippen LogP contribution is 2.21. The van der Waals surface area contributed by atoms with Crippen molar-refractivity contribution < 1.29 is 4.79 Å². The Morgan fingerprint density at radius 1 is 1.54 bits per heavy atom. The fraction of sp³-hybridized carbons (Fsp3) is 0.300. The predicted molar refractivity (Wildman–Crippen MR) is 54.2 cm³/mol. The highest BCUT2D eigenvalue weighted by molar-refractivity contribution is 6.34. The van der Waals surface area contributed by atoms with Gasteiger partial charge in [0.25, 0.3) is 0 Å². The zero-order valence-electron chi connectivity index (χ0n) is 7.67. The van der Waals surface area contributed by atoms with Crippen LogP contribution >= 0.6 is 11.6 Å². The number of hydrogen-bond acceptors (Lipinski definition) is 2. The summed E-state index contributed by atoms with van der Waals surface area (Å²) in [6.07, 6.45) is 0. The van der Waals surface area contributed by atoms with Crippen LogP contribution in [0.3, 0.4) is 0 Å². The molecule has 0 saturated heterocycles. The maximum absolute atomic E-state index is 11.5. The van der Waals surface area contributed by atoms with Gasteiger partial charge >= 0.3 is 0 Å². The second kappa shape index (κ2) is 3.90. The first-order valence-corrected chi connectivity index (χ1v) is 4.46. The van der Waals surface area contributed by atoms with Crippen LogP contribution < -0.4 is 5.73 Å². The zero-order valence-corrected chi connectivity index (χ0v) is 8.43. The smallest absolute Gasteiger partial charge is 0.180 e. The Bertz CT molecular complexity index is 334. The van der Waals surface area contributed by atoms with Crippen LogP contribution in [0.4, 0.5) is 0 Å². The molecule has 0 aliphatic heterocycles. The third-order valence-corrected chi connectivity index (χ3v) is 2.37. The minimum atomic E-state index is -0.501. The quantitative estimate of drug-likeness (QED) is 0.739. The first kappa shape index (κ1) is 10.2. The number of ketones is 1. The van der Waals surface area contributed by atoms with Crippen LogP contribution in [0.1, 0.15) is 22.8 Å². The van der Waals surface area contributed by atoms with E-state index in [1.54, 1.807) is 19.1 Å². The molecule has 70 valence electrons. The Morgan fingerprint density at radius 2 is 2.15 bits per heavy atom. The molecule has 0 aliphatic carbocycles. The van der Waals surface area contributed by atoms with Crippen molar-refractivity contribution in [3.63, 3.8) is 0 Å². The first-order chi connectivity index (χ1) is 6.04. The molecule has 1 aromatic carbocycles. The van der Waals surface area contributed by atoms with E-state index in [0.717, 1.165) is 5.56 Å². The van der Waals surface area contributed by atoms with E-state index >= 15 is 0 Å². The van der Waals surface area contributed by atoms with Gasteiger partial charge in [0.15, 0.2) is 5.78 Å². The minimum Gasteiger partial charge on any atom is -0.321 e. The Labute approximate surface area is 82.7 Å². The van der Waals surface area contributed by atoms with E-state index in [2.05, 4.69) is 0 Å². The molecule has 3 heteroatoms.